The number of aromatic nitrogens is 3. The summed E-state index contributed by atoms with van der Waals surface area (Å²) in [6.07, 6.45) is 0. The minimum Gasteiger partial charge on any atom is -0.454 e. The van der Waals surface area contributed by atoms with Gasteiger partial charge in [0.05, 0.1) is 5.69 Å². The van der Waals surface area contributed by atoms with E-state index in [2.05, 4.69) is 15.4 Å². The van der Waals surface area contributed by atoms with E-state index in [-0.39, 0.29) is 24.9 Å². The summed E-state index contributed by atoms with van der Waals surface area (Å²) in [5.74, 6) is 0.879. The Kier molecular flexibility index (Phi) is 4.40. The third-order valence-electron chi connectivity index (χ3n) is 4.50. The zero-order valence-electron chi connectivity index (χ0n) is 15.4. The van der Waals surface area contributed by atoms with Gasteiger partial charge in [0.2, 0.25) is 6.79 Å². The molecule has 4 aromatic rings. The molecule has 0 spiro atoms. The van der Waals surface area contributed by atoms with Crippen molar-refractivity contribution >= 4 is 5.97 Å². The molecule has 3 heterocycles. The van der Waals surface area contributed by atoms with E-state index >= 15 is 0 Å². The van der Waals surface area contributed by atoms with Gasteiger partial charge in [-0.05, 0) is 48.5 Å². The number of ether oxygens (including phenoxy) is 3. The molecule has 1 aliphatic rings. The summed E-state index contributed by atoms with van der Waals surface area (Å²) >= 11 is 0. The van der Waals surface area contributed by atoms with Gasteiger partial charge < -0.3 is 18.7 Å². The van der Waals surface area contributed by atoms with Crippen molar-refractivity contribution in [3.63, 3.8) is 0 Å². The van der Waals surface area contributed by atoms with E-state index < -0.39 is 5.97 Å². The van der Waals surface area contributed by atoms with E-state index in [1.807, 2.05) is 6.07 Å². The molecule has 0 bridgehead atoms. The number of esters is 1. The van der Waals surface area contributed by atoms with Gasteiger partial charge in [-0.2, -0.15) is 5.10 Å². The first-order valence-corrected chi connectivity index (χ1v) is 9.00. The lowest BCUT2D eigenvalue weighted by Gasteiger charge is -1.99. The second-order valence-corrected chi connectivity index (χ2v) is 6.50. The maximum Gasteiger partial charge on any atom is 0.356 e. The van der Waals surface area contributed by atoms with E-state index in [1.165, 1.54) is 18.2 Å². The van der Waals surface area contributed by atoms with Gasteiger partial charge in [-0.25, -0.2) is 9.18 Å². The Hall–Kier alpha value is -4.14. The quantitative estimate of drug-likeness (QED) is 0.500. The number of H-pyrrole nitrogens is 1. The number of carbonyl (C=O) groups is 1. The maximum absolute atomic E-state index is 13.0. The first-order chi connectivity index (χ1) is 14.7. The van der Waals surface area contributed by atoms with Crippen LogP contribution in [0.1, 0.15) is 16.2 Å². The first-order valence-electron chi connectivity index (χ1n) is 9.00. The molecule has 8 nitrogen and oxygen atoms in total. The average molecular weight is 407 g/mol. The molecule has 0 unspecified atom stereocenters. The predicted molar refractivity (Wildman–Crippen MR) is 101 cm³/mol. The van der Waals surface area contributed by atoms with Crippen molar-refractivity contribution in [1.29, 1.82) is 0 Å². The number of nitrogens with one attached hydrogen (secondary N) is 1. The van der Waals surface area contributed by atoms with Gasteiger partial charge in [0.25, 0.3) is 0 Å². The third-order valence-corrected chi connectivity index (χ3v) is 4.50. The molecular weight excluding hydrogens is 393 g/mol. The molecule has 1 aliphatic heterocycles. The Morgan fingerprint density at radius 3 is 2.70 bits per heavy atom. The summed E-state index contributed by atoms with van der Waals surface area (Å²) in [7, 11) is 0. The van der Waals surface area contributed by atoms with Crippen molar-refractivity contribution in [1.82, 2.24) is 15.4 Å². The largest absolute Gasteiger partial charge is 0.454 e. The number of rotatable bonds is 5. The molecular formula is C21H14FN3O5. The highest BCUT2D eigenvalue weighted by molar-refractivity contribution is 5.88. The number of fused-ring (bicyclic) bond motifs is 1. The summed E-state index contributed by atoms with van der Waals surface area (Å²) in [6, 6.07) is 14.4. The van der Waals surface area contributed by atoms with Crippen LogP contribution in [-0.4, -0.2) is 28.1 Å². The number of aromatic amines is 1. The molecule has 0 fully saturated rings. The summed E-state index contributed by atoms with van der Waals surface area (Å²) in [4.78, 5) is 12.3. The highest BCUT2D eigenvalue weighted by atomic mass is 19.1. The number of hydrogen-bond donors (Lipinski definition) is 1. The smallest absolute Gasteiger partial charge is 0.356 e. The van der Waals surface area contributed by atoms with Crippen molar-refractivity contribution in [3.05, 3.63) is 71.8 Å². The number of nitrogens with zero attached hydrogens (tertiary/aromatic N) is 2. The molecule has 30 heavy (non-hydrogen) atoms. The molecule has 5 rings (SSSR count). The lowest BCUT2D eigenvalue weighted by molar-refractivity contribution is 0.0457. The van der Waals surface area contributed by atoms with Gasteiger partial charge in [-0.15, -0.1) is 0 Å². The number of benzene rings is 2. The molecule has 0 amide bonds. The predicted octanol–water partition coefficient (Wildman–Crippen LogP) is 3.96. The average Bonchev–Trinajstić information content (AvgIpc) is 3.52. The van der Waals surface area contributed by atoms with E-state index in [0.29, 0.717) is 34.2 Å². The fraction of sp³-hybridized carbons (Fsp3) is 0.0952. The monoisotopic (exact) mass is 407 g/mol. The van der Waals surface area contributed by atoms with Crippen molar-refractivity contribution in [2.45, 2.75) is 6.61 Å². The van der Waals surface area contributed by atoms with E-state index in [1.54, 1.807) is 30.3 Å². The summed E-state index contributed by atoms with van der Waals surface area (Å²) in [5.41, 5.74) is 2.58. The molecule has 150 valence electrons. The molecule has 1 N–H and O–H groups in total. The highest BCUT2D eigenvalue weighted by Gasteiger charge is 2.17. The lowest BCUT2D eigenvalue weighted by atomic mass is 10.1. The van der Waals surface area contributed by atoms with Crippen LogP contribution in [0.4, 0.5) is 4.39 Å². The van der Waals surface area contributed by atoms with Crippen LogP contribution in [0.5, 0.6) is 11.5 Å². The van der Waals surface area contributed by atoms with Crippen LogP contribution in [0, 0.1) is 5.82 Å². The highest BCUT2D eigenvalue weighted by Crippen LogP contribution is 2.36. The van der Waals surface area contributed by atoms with Gasteiger partial charge in [0.1, 0.15) is 23.8 Å². The van der Waals surface area contributed by atoms with Crippen molar-refractivity contribution in [3.8, 4) is 34.1 Å². The van der Waals surface area contributed by atoms with Crippen LogP contribution in [0.25, 0.3) is 22.6 Å². The minimum atomic E-state index is -0.594. The van der Waals surface area contributed by atoms with Gasteiger partial charge in [0.15, 0.2) is 17.3 Å². The van der Waals surface area contributed by atoms with Crippen LogP contribution in [0.15, 0.2) is 59.1 Å². The van der Waals surface area contributed by atoms with Crippen molar-refractivity contribution in [2.24, 2.45) is 0 Å². The Morgan fingerprint density at radius 1 is 1.03 bits per heavy atom. The summed E-state index contributed by atoms with van der Waals surface area (Å²) < 4.78 is 34.3. The Morgan fingerprint density at radius 2 is 1.83 bits per heavy atom. The van der Waals surface area contributed by atoms with E-state index in [4.69, 9.17) is 18.7 Å². The number of halogens is 1. The minimum absolute atomic E-state index is 0.0716. The molecule has 2 aromatic carbocycles. The SMILES string of the molecule is O=C(OCc1cc(-c2ccc3c(c2)OCO3)on1)c1cc(-c2ccc(F)cc2)n[nH]1. The second-order valence-electron chi connectivity index (χ2n) is 6.50. The number of hydrogen-bond acceptors (Lipinski definition) is 7. The second kappa shape index (κ2) is 7.36. The van der Waals surface area contributed by atoms with Gasteiger partial charge in [-0.1, -0.05) is 5.16 Å². The Balaban J connectivity index is 1.24. The molecule has 0 saturated carbocycles. The standard InChI is InChI=1S/C21H14FN3O5/c22-14-4-1-12(2-5-14)16-9-17(24-23-16)21(26)27-10-15-8-19(30-25-15)13-3-6-18-20(7-13)29-11-28-18/h1-9H,10-11H2,(H,23,24). The van der Waals surface area contributed by atoms with Crippen LogP contribution in [0.3, 0.4) is 0 Å². The zero-order valence-corrected chi connectivity index (χ0v) is 15.4. The molecule has 0 aliphatic carbocycles. The van der Waals surface area contributed by atoms with Crippen molar-refractivity contribution < 1.29 is 27.9 Å². The fourth-order valence-electron chi connectivity index (χ4n) is 2.98. The van der Waals surface area contributed by atoms with Crippen LogP contribution in [0.2, 0.25) is 0 Å². The lowest BCUT2D eigenvalue weighted by Crippen LogP contribution is -2.05. The van der Waals surface area contributed by atoms with E-state index in [9.17, 15) is 9.18 Å². The molecule has 2 aromatic heterocycles. The first kappa shape index (κ1) is 17.9. The Bertz CT molecular complexity index is 1220. The fourth-order valence-corrected chi connectivity index (χ4v) is 2.98. The van der Waals surface area contributed by atoms with E-state index in [0.717, 1.165) is 5.56 Å². The zero-order chi connectivity index (χ0) is 20.5. The normalized spacial score (nSPS) is 12.2. The Labute approximate surface area is 169 Å². The molecule has 0 radical (unpaired) electrons. The molecule has 0 atom stereocenters. The van der Waals surface area contributed by atoms with Gasteiger partial charge in [-0.3, -0.25) is 5.10 Å². The molecule has 9 heteroatoms. The van der Waals surface area contributed by atoms with Crippen LogP contribution >= 0.6 is 0 Å². The van der Waals surface area contributed by atoms with Crippen LogP contribution < -0.4 is 9.47 Å². The summed E-state index contributed by atoms with van der Waals surface area (Å²) in [5, 5.41) is 10.6. The van der Waals surface area contributed by atoms with Crippen molar-refractivity contribution in [2.75, 3.05) is 6.79 Å². The van der Waals surface area contributed by atoms with Crippen LogP contribution in [-0.2, 0) is 11.3 Å². The topological polar surface area (TPSA) is 99.5 Å². The summed E-state index contributed by atoms with van der Waals surface area (Å²) in [6.45, 7) is 0.116. The molecule has 0 saturated heterocycles. The third kappa shape index (κ3) is 3.48. The maximum atomic E-state index is 13.0. The number of carbonyl (C=O) groups excluding carboxylic acids is 1. The van der Waals surface area contributed by atoms with Gasteiger partial charge in [0, 0.05) is 17.2 Å². The van der Waals surface area contributed by atoms with Gasteiger partial charge >= 0.3 is 5.97 Å².